The summed E-state index contributed by atoms with van der Waals surface area (Å²) in [6, 6.07) is 3.11. The summed E-state index contributed by atoms with van der Waals surface area (Å²) in [5.41, 5.74) is 5.96. The van der Waals surface area contributed by atoms with Gasteiger partial charge in [0, 0.05) is 3.57 Å². The zero-order valence-corrected chi connectivity index (χ0v) is 10.1. The molecule has 0 bridgehead atoms. The molecule has 0 spiro atoms. The lowest BCUT2D eigenvalue weighted by atomic mass is 10.1. The molecule has 0 radical (unpaired) electrons. The fourth-order valence-electron chi connectivity index (χ4n) is 1.10. The van der Waals surface area contributed by atoms with Crippen molar-refractivity contribution in [3.63, 3.8) is 0 Å². The van der Waals surface area contributed by atoms with Crippen LogP contribution >= 0.6 is 22.6 Å². The van der Waals surface area contributed by atoms with Crippen LogP contribution in [-0.4, -0.2) is 18.1 Å². The van der Waals surface area contributed by atoms with Gasteiger partial charge in [0.1, 0.15) is 5.75 Å². The fraction of sp³-hybridized carbons (Fsp3) is 0.333. The number of halogens is 4. The first-order chi connectivity index (χ1) is 7.33. The van der Waals surface area contributed by atoms with E-state index in [1.807, 2.05) is 22.6 Å². The predicted molar refractivity (Wildman–Crippen MR) is 59.9 cm³/mol. The molecule has 90 valence electrons. The summed E-state index contributed by atoms with van der Waals surface area (Å²) in [7, 11) is 0. The van der Waals surface area contributed by atoms with Crippen LogP contribution in [0.3, 0.4) is 0 Å². The van der Waals surface area contributed by atoms with E-state index in [0.717, 1.165) is 0 Å². The summed E-state index contributed by atoms with van der Waals surface area (Å²) in [5.74, 6) is -0.341. The van der Waals surface area contributed by atoms with Crippen LogP contribution in [0.2, 0.25) is 0 Å². The van der Waals surface area contributed by atoms with Crippen LogP contribution in [0.4, 0.5) is 13.2 Å². The zero-order valence-electron chi connectivity index (χ0n) is 7.96. The minimum atomic E-state index is -4.73. The lowest BCUT2D eigenvalue weighted by molar-refractivity contribution is -0.274. The van der Waals surface area contributed by atoms with E-state index in [1.54, 1.807) is 0 Å². The Morgan fingerprint density at radius 2 is 2.06 bits per heavy atom. The molecule has 0 aliphatic rings. The third-order valence-corrected chi connectivity index (χ3v) is 2.78. The molecule has 16 heavy (non-hydrogen) atoms. The van der Waals surface area contributed by atoms with Crippen LogP contribution in [0.15, 0.2) is 18.2 Å². The Kier molecular flexibility index (Phi) is 4.39. The number of hydrogen-bond acceptors (Lipinski definition) is 3. The highest BCUT2D eigenvalue weighted by atomic mass is 127. The lowest BCUT2D eigenvalue weighted by Crippen LogP contribution is -2.19. The van der Waals surface area contributed by atoms with Crippen LogP contribution in [0, 0.1) is 3.57 Å². The molecule has 0 heterocycles. The summed E-state index contributed by atoms with van der Waals surface area (Å²) in [6.45, 7) is -0.342. The van der Waals surface area contributed by atoms with Crippen molar-refractivity contribution in [2.75, 3.05) is 6.61 Å². The van der Waals surface area contributed by atoms with Crippen LogP contribution in [-0.2, 0) is 0 Å². The van der Waals surface area contributed by atoms with E-state index in [-0.39, 0.29) is 12.4 Å². The average molecular weight is 347 g/mol. The van der Waals surface area contributed by atoms with Gasteiger partial charge in [-0.05, 0) is 46.4 Å². The Morgan fingerprint density at radius 1 is 1.44 bits per heavy atom. The number of aliphatic hydroxyl groups is 1. The summed E-state index contributed by atoms with van der Waals surface area (Å²) in [4.78, 5) is 0. The number of benzene rings is 1. The quantitative estimate of drug-likeness (QED) is 0.825. The van der Waals surface area contributed by atoms with Gasteiger partial charge in [0.05, 0.1) is 12.6 Å². The molecular formula is C9H9F3INO2. The Balaban J connectivity index is 2.98. The molecule has 3 N–H and O–H groups in total. The largest absolute Gasteiger partial charge is 0.573 e. The van der Waals surface area contributed by atoms with Crippen molar-refractivity contribution in [1.29, 1.82) is 0 Å². The second kappa shape index (κ2) is 5.19. The maximum absolute atomic E-state index is 12.0. The average Bonchev–Trinajstić information content (AvgIpc) is 2.18. The van der Waals surface area contributed by atoms with E-state index >= 15 is 0 Å². The van der Waals surface area contributed by atoms with E-state index in [2.05, 4.69) is 4.74 Å². The van der Waals surface area contributed by atoms with Crippen molar-refractivity contribution in [2.24, 2.45) is 5.73 Å². The number of nitrogens with two attached hydrogens (primary N) is 1. The maximum Gasteiger partial charge on any atom is 0.573 e. The lowest BCUT2D eigenvalue weighted by Gasteiger charge is -2.14. The summed E-state index contributed by atoms with van der Waals surface area (Å²) in [6.07, 6.45) is -4.73. The third-order valence-electron chi connectivity index (χ3n) is 1.80. The van der Waals surface area contributed by atoms with Gasteiger partial charge >= 0.3 is 6.36 Å². The molecule has 0 unspecified atom stereocenters. The first kappa shape index (κ1) is 13.5. The van der Waals surface area contributed by atoms with Gasteiger partial charge < -0.3 is 15.6 Å². The minimum absolute atomic E-state index is 0.341. The van der Waals surface area contributed by atoms with Gasteiger partial charge in [-0.3, -0.25) is 0 Å². The van der Waals surface area contributed by atoms with Gasteiger partial charge in [-0.1, -0.05) is 0 Å². The summed E-state index contributed by atoms with van der Waals surface area (Å²) < 4.78 is 40.3. The molecule has 1 aromatic carbocycles. The van der Waals surface area contributed by atoms with Crippen LogP contribution in [0.25, 0.3) is 0 Å². The second-order valence-corrected chi connectivity index (χ2v) is 4.18. The van der Waals surface area contributed by atoms with E-state index in [4.69, 9.17) is 10.8 Å². The second-order valence-electron chi connectivity index (χ2n) is 3.02. The Bertz CT molecular complexity index is 370. The molecular weight excluding hydrogens is 338 g/mol. The Hall–Kier alpha value is -0.540. The third kappa shape index (κ3) is 3.80. The van der Waals surface area contributed by atoms with Gasteiger partial charge in [0.15, 0.2) is 0 Å². The molecule has 0 fully saturated rings. The zero-order chi connectivity index (χ0) is 12.3. The molecule has 0 aliphatic heterocycles. The van der Waals surface area contributed by atoms with Crippen molar-refractivity contribution in [3.8, 4) is 5.75 Å². The smallest absolute Gasteiger partial charge is 0.406 e. The van der Waals surface area contributed by atoms with E-state index in [1.165, 1.54) is 18.2 Å². The molecule has 0 saturated heterocycles. The fourth-order valence-corrected chi connectivity index (χ4v) is 1.84. The number of rotatable bonds is 3. The molecule has 0 aliphatic carbocycles. The predicted octanol–water partition coefficient (Wildman–Crippen LogP) is 2.18. The van der Waals surface area contributed by atoms with Crippen LogP contribution in [0.5, 0.6) is 5.75 Å². The molecule has 7 heteroatoms. The topological polar surface area (TPSA) is 55.5 Å². The first-order valence-corrected chi connectivity index (χ1v) is 5.33. The van der Waals surface area contributed by atoms with Crippen LogP contribution in [0.1, 0.15) is 11.6 Å². The number of ether oxygens (including phenoxy) is 1. The van der Waals surface area contributed by atoms with E-state index < -0.39 is 12.4 Å². The van der Waals surface area contributed by atoms with Crippen molar-refractivity contribution in [2.45, 2.75) is 12.4 Å². The van der Waals surface area contributed by atoms with Gasteiger partial charge in [-0.25, -0.2) is 0 Å². The SMILES string of the molecule is N[C@@H](CO)c1cc(OC(F)(F)F)ccc1I. The molecule has 3 nitrogen and oxygen atoms in total. The number of alkyl halides is 3. The van der Waals surface area contributed by atoms with Gasteiger partial charge in [0.25, 0.3) is 0 Å². The maximum atomic E-state index is 12.0. The molecule has 0 saturated carbocycles. The summed E-state index contributed by atoms with van der Waals surface area (Å²) >= 11 is 1.92. The Labute approximate surface area is 104 Å². The monoisotopic (exact) mass is 347 g/mol. The summed E-state index contributed by atoms with van der Waals surface area (Å²) in [5, 5.41) is 8.84. The van der Waals surface area contributed by atoms with Crippen molar-refractivity contribution >= 4 is 22.6 Å². The number of hydrogen-bond donors (Lipinski definition) is 2. The van der Waals surface area contributed by atoms with Crippen LogP contribution < -0.4 is 10.5 Å². The molecule has 0 amide bonds. The highest BCUT2D eigenvalue weighted by molar-refractivity contribution is 14.1. The van der Waals surface area contributed by atoms with E-state index in [9.17, 15) is 13.2 Å². The van der Waals surface area contributed by atoms with Crippen molar-refractivity contribution in [1.82, 2.24) is 0 Å². The van der Waals surface area contributed by atoms with Gasteiger partial charge in [-0.15, -0.1) is 13.2 Å². The normalized spacial score (nSPS) is 13.6. The van der Waals surface area contributed by atoms with Crippen molar-refractivity contribution < 1.29 is 23.0 Å². The van der Waals surface area contributed by atoms with E-state index in [0.29, 0.717) is 9.13 Å². The van der Waals surface area contributed by atoms with Gasteiger partial charge in [-0.2, -0.15) is 0 Å². The molecule has 0 aromatic heterocycles. The molecule has 1 rings (SSSR count). The Morgan fingerprint density at radius 3 is 2.56 bits per heavy atom. The standard InChI is InChI=1S/C9H9F3INO2/c10-9(11,12)16-5-1-2-7(13)6(3-5)8(14)4-15/h1-3,8,15H,4,14H2/t8-/m0/s1. The molecule has 1 aromatic rings. The van der Waals surface area contributed by atoms with Crippen molar-refractivity contribution in [3.05, 3.63) is 27.3 Å². The minimum Gasteiger partial charge on any atom is -0.406 e. The highest BCUT2D eigenvalue weighted by Gasteiger charge is 2.31. The number of aliphatic hydroxyl groups excluding tert-OH is 1. The first-order valence-electron chi connectivity index (χ1n) is 4.25. The van der Waals surface area contributed by atoms with Gasteiger partial charge in [0.2, 0.25) is 0 Å². The highest BCUT2D eigenvalue weighted by Crippen LogP contribution is 2.27. The molecule has 1 atom stereocenters.